The zero-order valence-electron chi connectivity index (χ0n) is 5.91. The summed E-state index contributed by atoms with van der Waals surface area (Å²) < 4.78 is 0. The monoisotopic (exact) mass is 148 g/mol. The minimum atomic E-state index is 0. The third-order valence-corrected chi connectivity index (χ3v) is 0. The predicted molar refractivity (Wildman–Crippen MR) is 27.3 cm³/mol. The second-order valence-electron chi connectivity index (χ2n) is 0. The van der Waals surface area contributed by atoms with E-state index in [0.717, 1.165) is 0 Å². The molecule has 0 saturated heterocycles. The van der Waals surface area contributed by atoms with Gasteiger partial charge in [0.15, 0.2) is 0 Å². The zero-order chi connectivity index (χ0) is 0. The molecular formula is H8CaMgSiTi. The van der Waals surface area contributed by atoms with Gasteiger partial charge in [-0.3, -0.25) is 0 Å². The van der Waals surface area contributed by atoms with Gasteiger partial charge in [-0.25, -0.2) is 0 Å². The van der Waals surface area contributed by atoms with Gasteiger partial charge >= 0.3 is 60.8 Å². The Labute approximate surface area is 97.5 Å². The molecule has 0 aliphatic rings. The Kier molecular flexibility index (Phi) is 118. The van der Waals surface area contributed by atoms with Crippen LogP contribution in [0.5, 0.6) is 0 Å². The molecule has 0 bridgehead atoms. The summed E-state index contributed by atoms with van der Waals surface area (Å²) in [4.78, 5) is 0. The maximum atomic E-state index is 0. The molecule has 0 nitrogen and oxygen atoms in total. The smallest absolute Gasteiger partial charge is 1.00 e. The molecular weight excluding hydrogens is 140 g/mol. The maximum Gasteiger partial charge on any atom is 2.00 e. The summed E-state index contributed by atoms with van der Waals surface area (Å²) in [7, 11) is 0. The van der Waals surface area contributed by atoms with Gasteiger partial charge in [-0.2, -0.15) is 0 Å². The SMILES string of the molecule is [Ca+2].[H-].[H-].[H-].[H-].[Mg+2].[SiH4].[Ti]. The van der Waals surface area contributed by atoms with Crippen LogP contribution in [0.3, 0.4) is 0 Å². The van der Waals surface area contributed by atoms with Crippen LogP contribution in [0.4, 0.5) is 0 Å². The fraction of sp³-hybridized carbons (Fsp3) is 0. The van der Waals surface area contributed by atoms with E-state index < -0.39 is 0 Å². The van der Waals surface area contributed by atoms with Crippen LogP contribution in [0.1, 0.15) is 5.71 Å². The second-order valence-corrected chi connectivity index (χ2v) is 0. The van der Waals surface area contributed by atoms with Gasteiger partial charge in [0, 0.05) is 21.7 Å². The van der Waals surface area contributed by atoms with Crippen molar-refractivity contribution >= 4 is 71.8 Å². The molecule has 4 heavy (non-hydrogen) atoms. The topological polar surface area (TPSA) is 0 Å². The van der Waals surface area contributed by atoms with Crippen molar-refractivity contribution in [3.63, 3.8) is 0 Å². The van der Waals surface area contributed by atoms with Crippen LogP contribution >= 0.6 is 0 Å². The Morgan fingerprint density at radius 3 is 1.25 bits per heavy atom. The average molecular weight is 148 g/mol. The van der Waals surface area contributed by atoms with E-state index in [0.29, 0.717) is 0 Å². The van der Waals surface area contributed by atoms with E-state index in [4.69, 9.17) is 0 Å². The summed E-state index contributed by atoms with van der Waals surface area (Å²) in [5, 5.41) is 0. The molecule has 0 aromatic rings. The van der Waals surface area contributed by atoms with E-state index >= 15 is 0 Å². The van der Waals surface area contributed by atoms with Crippen molar-refractivity contribution < 1.29 is 27.4 Å². The molecule has 0 saturated carbocycles. The molecule has 20 valence electrons. The molecule has 0 amide bonds. The van der Waals surface area contributed by atoms with Gasteiger partial charge < -0.3 is 5.71 Å². The Hall–Kier alpha value is 2.96. The van der Waals surface area contributed by atoms with Crippen LogP contribution in [0.2, 0.25) is 0 Å². The second kappa shape index (κ2) is 16.7. The van der Waals surface area contributed by atoms with Crippen molar-refractivity contribution in [2.45, 2.75) is 0 Å². The van der Waals surface area contributed by atoms with Gasteiger partial charge in [-0.1, -0.05) is 0 Å². The molecule has 0 rings (SSSR count). The van der Waals surface area contributed by atoms with Crippen LogP contribution < -0.4 is 0 Å². The first-order valence-electron chi connectivity index (χ1n) is 0. The van der Waals surface area contributed by atoms with Crippen LogP contribution in [-0.4, -0.2) is 71.8 Å². The molecule has 0 aromatic heterocycles. The van der Waals surface area contributed by atoms with Crippen LogP contribution in [0.25, 0.3) is 0 Å². The van der Waals surface area contributed by atoms with E-state index in [1.54, 1.807) is 0 Å². The first kappa shape index (κ1) is 28.2. The van der Waals surface area contributed by atoms with E-state index in [2.05, 4.69) is 0 Å². The summed E-state index contributed by atoms with van der Waals surface area (Å²) in [6.07, 6.45) is 0. The summed E-state index contributed by atoms with van der Waals surface area (Å²) in [6, 6.07) is 0. The van der Waals surface area contributed by atoms with Crippen molar-refractivity contribution in [1.29, 1.82) is 0 Å². The van der Waals surface area contributed by atoms with Crippen molar-refractivity contribution in [2.75, 3.05) is 0 Å². The minimum absolute atomic E-state index is 0. The largest absolute Gasteiger partial charge is 2.00 e. The van der Waals surface area contributed by atoms with Crippen molar-refractivity contribution in [3.8, 4) is 0 Å². The van der Waals surface area contributed by atoms with Gasteiger partial charge in [-0.05, 0) is 11.0 Å². The summed E-state index contributed by atoms with van der Waals surface area (Å²) >= 11 is 0. The molecule has 0 aliphatic heterocycles. The Balaban J connectivity index is 0. The van der Waals surface area contributed by atoms with Crippen molar-refractivity contribution in [3.05, 3.63) is 0 Å². The first-order chi connectivity index (χ1) is 0. The Morgan fingerprint density at radius 1 is 1.25 bits per heavy atom. The van der Waals surface area contributed by atoms with Gasteiger partial charge in [-0.15, -0.1) is 0 Å². The standard InChI is InChI=1S/Ca.Mg.H4Si.Ti.4H/h;;1H4;;;;;/q2*+2;;;4*-1. The van der Waals surface area contributed by atoms with E-state index in [1.165, 1.54) is 0 Å². The molecule has 0 N–H and O–H groups in total. The molecule has 0 fully saturated rings. The molecule has 0 unspecified atom stereocenters. The fourth-order valence-corrected chi connectivity index (χ4v) is 0. The molecule has 0 heterocycles. The van der Waals surface area contributed by atoms with Gasteiger partial charge in [0.05, 0.1) is 0 Å². The van der Waals surface area contributed by atoms with Crippen molar-refractivity contribution in [1.82, 2.24) is 0 Å². The normalized spacial score (nSPS) is 0. The first-order valence-corrected chi connectivity index (χ1v) is 0. The van der Waals surface area contributed by atoms with Crippen LogP contribution in [0.15, 0.2) is 0 Å². The predicted octanol–water partition coefficient (Wildman–Crippen LogP) is -1.77. The summed E-state index contributed by atoms with van der Waals surface area (Å²) in [6.45, 7) is 0. The van der Waals surface area contributed by atoms with E-state index in [-0.39, 0.29) is 99.2 Å². The van der Waals surface area contributed by atoms with E-state index in [1.807, 2.05) is 0 Å². The number of hydrogen-bond donors (Lipinski definition) is 0. The molecule has 0 aliphatic carbocycles. The molecule has 0 atom stereocenters. The third-order valence-electron chi connectivity index (χ3n) is 0. The minimum Gasteiger partial charge on any atom is -1.00 e. The van der Waals surface area contributed by atoms with Gasteiger partial charge in [0.2, 0.25) is 0 Å². The average Bonchev–Trinajstić information content (AvgIpc) is 0. The molecule has 0 aromatic carbocycles. The third kappa shape index (κ3) is 8.88. The number of hydrogen-bond acceptors (Lipinski definition) is 0. The zero-order valence-corrected chi connectivity index (χ0v) is 7.10. The van der Waals surface area contributed by atoms with Gasteiger partial charge in [0.1, 0.15) is 0 Å². The molecule has 0 spiro atoms. The quantitative estimate of drug-likeness (QED) is 0.357. The summed E-state index contributed by atoms with van der Waals surface area (Å²) in [5.74, 6) is 0. The van der Waals surface area contributed by atoms with Gasteiger partial charge in [0.25, 0.3) is 0 Å². The van der Waals surface area contributed by atoms with Crippen LogP contribution in [-0.2, 0) is 21.7 Å². The molecule has 0 radical (unpaired) electrons. The Morgan fingerprint density at radius 2 is 1.25 bits per heavy atom. The van der Waals surface area contributed by atoms with Crippen LogP contribution in [0, 0.1) is 0 Å². The maximum absolute atomic E-state index is 0. The Bertz CT molecular complexity index is 16.0. The number of rotatable bonds is 0. The fourth-order valence-electron chi connectivity index (χ4n) is 0. The van der Waals surface area contributed by atoms with E-state index in [9.17, 15) is 0 Å². The molecule has 4 heteroatoms. The van der Waals surface area contributed by atoms with Crippen molar-refractivity contribution in [2.24, 2.45) is 0 Å². The summed E-state index contributed by atoms with van der Waals surface area (Å²) in [5.41, 5.74) is 0.